The highest BCUT2D eigenvalue weighted by Gasteiger charge is 2.31. The van der Waals surface area contributed by atoms with E-state index in [-0.39, 0.29) is 25.2 Å². The number of hydrogen-bond acceptors (Lipinski definition) is 7. The number of hydrogen-bond donors (Lipinski definition) is 7. The Morgan fingerprint density at radius 1 is 1.00 bits per heavy atom. The van der Waals surface area contributed by atoms with Gasteiger partial charge in [0.15, 0.2) is 0 Å². The van der Waals surface area contributed by atoms with Crippen molar-refractivity contribution in [3.8, 4) is 0 Å². The van der Waals surface area contributed by atoms with Gasteiger partial charge in [0, 0.05) is 12.8 Å². The van der Waals surface area contributed by atoms with Crippen LogP contribution in [0.1, 0.15) is 31.2 Å². The number of carboxylic acid groups (broad SMARTS) is 1. The maximum Gasteiger partial charge on any atom is 0.328 e. The van der Waals surface area contributed by atoms with Gasteiger partial charge in [-0.05, 0) is 31.4 Å². The molecule has 8 N–H and O–H groups in total. The van der Waals surface area contributed by atoms with Gasteiger partial charge >= 0.3 is 5.97 Å². The molecule has 1 heterocycles. The van der Waals surface area contributed by atoms with Crippen molar-refractivity contribution in [2.75, 3.05) is 13.2 Å². The molecule has 12 nitrogen and oxygen atoms in total. The number of nitrogens with one attached hydrogen (secondary N) is 4. The number of aliphatic hydroxyl groups excluding tert-OH is 1. The standard InChI is InChI=1S/C22H31N5O7/c23-18(29)9-8-15(20(31)27-17(12-28)22(33)34)25-21(32)16(11-13-5-2-1-3-6-13)26-19(30)14-7-4-10-24-14/h1-3,5-6,14-17,24,28H,4,7-12H2,(H2,23,29)(H,25,32)(H,26,30)(H,27,31)(H,33,34). The molecule has 1 fully saturated rings. The number of primary amides is 1. The largest absolute Gasteiger partial charge is 0.480 e. The average molecular weight is 478 g/mol. The number of aliphatic hydroxyl groups is 1. The monoisotopic (exact) mass is 477 g/mol. The van der Waals surface area contributed by atoms with E-state index in [1.807, 2.05) is 6.07 Å². The molecular weight excluding hydrogens is 446 g/mol. The van der Waals surface area contributed by atoms with E-state index < -0.39 is 54.5 Å². The molecule has 1 saturated heterocycles. The van der Waals surface area contributed by atoms with Crippen LogP contribution in [-0.4, -0.2) is 77.1 Å². The smallest absolute Gasteiger partial charge is 0.328 e. The first-order valence-electron chi connectivity index (χ1n) is 11.0. The SMILES string of the molecule is NC(=O)CCC(NC(=O)C(Cc1ccccc1)NC(=O)C1CCCN1)C(=O)NC(CO)C(=O)O. The van der Waals surface area contributed by atoms with Crippen molar-refractivity contribution in [2.45, 2.75) is 56.3 Å². The molecule has 4 amide bonds. The van der Waals surface area contributed by atoms with Crippen LogP contribution in [0.3, 0.4) is 0 Å². The number of amides is 4. The van der Waals surface area contributed by atoms with E-state index in [9.17, 15) is 29.1 Å². The molecule has 12 heteroatoms. The minimum absolute atomic E-state index is 0.143. The number of rotatable bonds is 13. The van der Waals surface area contributed by atoms with Crippen LogP contribution >= 0.6 is 0 Å². The fourth-order valence-corrected chi connectivity index (χ4v) is 3.53. The fourth-order valence-electron chi connectivity index (χ4n) is 3.53. The van der Waals surface area contributed by atoms with E-state index in [0.29, 0.717) is 13.0 Å². The molecule has 1 aliphatic heterocycles. The number of aliphatic carboxylic acids is 1. The Morgan fingerprint density at radius 3 is 2.21 bits per heavy atom. The van der Waals surface area contributed by atoms with Crippen molar-refractivity contribution >= 4 is 29.6 Å². The van der Waals surface area contributed by atoms with Crippen molar-refractivity contribution in [1.29, 1.82) is 0 Å². The zero-order valence-electron chi connectivity index (χ0n) is 18.7. The Bertz CT molecular complexity index is 874. The Labute approximate surface area is 196 Å². The average Bonchev–Trinajstić information content (AvgIpc) is 3.35. The molecule has 0 aliphatic carbocycles. The van der Waals surface area contributed by atoms with Crippen molar-refractivity contribution in [1.82, 2.24) is 21.3 Å². The third-order valence-corrected chi connectivity index (χ3v) is 5.40. The van der Waals surface area contributed by atoms with Crippen LogP contribution in [0.25, 0.3) is 0 Å². The van der Waals surface area contributed by atoms with Gasteiger partial charge in [0.25, 0.3) is 0 Å². The molecular formula is C22H31N5O7. The van der Waals surface area contributed by atoms with Crippen LogP contribution in [0.15, 0.2) is 30.3 Å². The van der Waals surface area contributed by atoms with Crippen LogP contribution in [0, 0.1) is 0 Å². The van der Waals surface area contributed by atoms with Gasteiger partial charge in [0.2, 0.25) is 23.6 Å². The van der Waals surface area contributed by atoms with Crippen LogP contribution in [0.5, 0.6) is 0 Å². The molecule has 0 spiro atoms. The summed E-state index contributed by atoms with van der Waals surface area (Å²) < 4.78 is 0. The highest BCUT2D eigenvalue weighted by Crippen LogP contribution is 2.09. The van der Waals surface area contributed by atoms with Crippen LogP contribution in [-0.2, 0) is 30.4 Å². The summed E-state index contributed by atoms with van der Waals surface area (Å²) in [5.41, 5.74) is 5.93. The fraction of sp³-hybridized carbons (Fsp3) is 0.500. The minimum atomic E-state index is -1.59. The lowest BCUT2D eigenvalue weighted by atomic mass is 10.0. The molecule has 1 aliphatic rings. The molecule has 1 aromatic rings. The lowest BCUT2D eigenvalue weighted by molar-refractivity contribution is -0.143. The van der Waals surface area contributed by atoms with Gasteiger partial charge in [0.05, 0.1) is 12.6 Å². The summed E-state index contributed by atoms with van der Waals surface area (Å²) in [6, 6.07) is 4.59. The molecule has 0 bridgehead atoms. The third-order valence-electron chi connectivity index (χ3n) is 5.40. The van der Waals surface area contributed by atoms with Gasteiger partial charge in [-0.15, -0.1) is 0 Å². The lowest BCUT2D eigenvalue weighted by Crippen LogP contribution is -2.58. The van der Waals surface area contributed by atoms with E-state index in [4.69, 9.17) is 10.8 Å². The van der Waals surface area contributed by atoms with Gasteiger partial charge in [-0.1, -0.05) is 30.3 Å². The number of carbonyl (C=O) groups excluding carboxylic acids is 4. The van der Waals surface area contributed by atoms with Gasteiger partial charge in [0.1, 0.15) is 18.1 Å². The first kappa shape index (κ1) is 26.7. The van der Waals surface area contributed by atoms with Gasteiger partial charge < -0.3 is 37.2 Å². The summed E-state index contributed by atoms with van der Waals surface area (Å²) in [5.74, 6) is -4.12. The second-order valence-corrected chi connectivity index (χ2v) is 8.05. The second-order valence-electron chi connectivity index (χ2n) is 8.05. The van der Waals surface area contributed by atoms with Crippen LogP contribution in [0.2, 0.25) is 0 Å². The maximum absolute atomic E-state index is 13.1. The van der Waals surface area contributed by atoms with Crippen molar-refractivity contribution < 1.29 is 34.2 Å². The summed E-state index contributed by atoms with van der Waals surface area (Å²) in [4.78, 5) is 60.8. The summed E-state index contributed by atoms with van der Waals surface area (Å²) in [7, 11) is 0. The zero-order chi connectivity index (χ0) is 25.1. The lowest BCUT2D eigenvalue weighted by Gasteiger charge is -2.25. The third kappa shape index (κ3) is 8.45. The topological polar surface area (TPSA) is 200 Å². The second kappa shape index (κ2) is 13.3. The Morgan fingerprint density at radius 2 is 1.65 bits per heavy atom. The molecule has 4 atom stereocenters. The summed E-state index contributed by atoms with van der Waals surface area (Å²) in [6.45, 7) is -0.169. The molecule has 2 rings (SSSR count). The Balaban J connectivity index is 2.17. The predicted octanol–water partition coefficient (Wildman–Crippen LogP) is -2.22. The summed E-state index contributed by atoms with van der Waals surface area (Å²) >= 11 is 0. The van der Waals surface area contributed by atoms with Gasteiger partial charge in [-0.3, -0.25) is 19.2 Å². The highest BCUT2D eigenvalue weighted by molar-refractivity contribution is 5.94. The zero-order valence-corrected chi connectivity index (χ0v) is 18.7. The molecule has 1 aromatic carbocycles. The minimum Gasteiger partial charge on any atom is -0.480 e. The molecule has 186 valence electrons. The predicted molar refractivity (Wildman–Crippen MR) is 120 cm³/mol. The van der Waals surface area contributed by atoms with Crippen LogP contribution < -0.4 is 27.0 Å². The molecule has 34 heavy (non-hydrogen) atoms. The molecule has 4 unspecified atom stereocenters. The number of benzene rings is 1. The van der Waals surface area contributed by atoms with Crippen molar-refractivity contribution in [3.05, 3.63) is 35.9 Å². The van der Waals surface area contributed by atoms with E-state index in [1.54, 1.807) is 24.3 Å². The highest BCUT2D eigenvalue weighted by atomic mass is 16.4. The summed E-state index contributed by atoms with van der Waals surface area (Å²) in [6.07, 6.45) is 1.16. The number of carbonyl (C=O) groups is 5. The first-order valence-corrected chi connectivity index (χ1v) is 11.0. The van der Waals surface area contributed by atoms with Gasteiger partial charge in [-0.25, -0.2) is 4.79 Å². The quantitative estimate of drug-likeness (QED) is 0.166. The Kier molecular flexibility index (Phi) is 10.4. The summed E-state index contributed by atoms with van der Waals surface area (Å²) in [5, 5.41) is 28.6. The molecule has 0 saturated carbocycles. The molecule has 0 radical (unpaired) electrons. The number of nitrogens with two attached hydrogens (primary N) is 1. The maximum atomic E-state index is 13.1. The van der Waals surface area contributed by atoms with Crippen LogP contribution in [0.4, 0.5) is 0 Å². The molecule has 0 aromatic heterocycles. The Hall–Kier alpha value is -3.51. The van der Waals surface area contributed by atoms with Crippen molar-refractivity contribution in [3.63, 3.8) is 0 Å². The van der Waals surface area contributed by atoms with E-state index in [0.717, 1.165) is 12.0 Å². The van der Waals surface area contributed by atoms with Crippen molar-refractivity contribution in [2.24, 2.45) is 5.73 Å². The normalized spacial score (nSPS) is 17.7. The van der Waals surface area contributed by atoms with Gasteiger partial charge in [-0.2, -0.15) is 0 Å². The van der Waals surface area contributed by atoms with E-state index >= 15 is 0 Å². The van der Waals surface area contributed by atoms with E-state index in [1.165, 1.54) is 0 Å². The first-order chi connectivity index (χ1) is 16.2. The number of carboxylic acids is 1. The van der Waals surface area contributed by atoms with E-state index in [2.05, 4.69) is 21.3 Å².